The number of rotatable bonds is 40. The summed E-state index contributed by atoms with van der Waals surface area (Å²) in [5.74, 6) is -15.4. The van der Waals surface area contributed by atoms with Gasteiger partial charge in [-0.25, -0.2) is 62.3 Å². The molecule has 0 saturated heterocycles. The van der Waals surface area contributed by atoms with Crippen LogP contribution in [0.15, 0.2) is 30.3 Å². The van der Waals surface area contributed by atoms with Gasteiger partial charge in [0.15, 0.2) is 0 Å². The molecule has 0 unspecified atom stereocenters. The molecule has 1 aromatic rings. The summed E-state index contributed by atoms with van der Waals surface area (Å²) in [5, 5.41) is 61.1. The quantitative estimate of drug-likeness (QED) is 0.0240. The van der Waals surface area contributed by atoms with Crippen molar-refractivity contribution < 1.29 is 203 Å². The van der Waals surface area contributed by atoms with E-state index in [1.807, 2.05) is 0 Å². The van der Waals surface area contributed by atoms with Crippen LogP contribution in [0.2, 0.25) is 0 Å². The molecule has 0 aromatic heterocycles. The molecule has 54 heteroatoms. The fourth-order valence-electron chi connectivity index (χ4n) is 7.11. The topological polar surface area (TPSA) is 714 Å². The molecule has 1 saturated carbocycles. The van der Waals surface area contributed by atoms with Gasteiger partial charge in [-0.05, 0) is 116 Å². The predicted octanol–water partition coefficient (Wildman–Crippen LogP) is 4.70. The summed E-state index contributed by atoms with van der Waals surface area (Å²) in [4.78, 5) is 264. The number of carboxylic acids is 6. The molecular weight excluding hydrogens is 1790 g/mol. The number of thioether (sulfide) groups is 6. The van der Waals surface area contributed by atoms with Crippen molar-refractivity contribution in [1.29, 1.82) is 0 Å². The lowest BCUT2D eigenvalue weighted by Gasteiger charge is -2.19. The summed E-state index contributed by atoms with van der Waals surface area (Å²) >= 11 is 3.41. The van der Waals surface area contributed by atoms with Crippen LogP contribution in [0, 0.1) is 17.3 Å². The molecule has 1 aromatic carbocycles. The highest BCUT2D eigenvalue weighted by molar-refractivity contribution is 8.14. The Balaban J connectivity index is -0.000000698. The minimum Gasteiger partial charge on any atom is -0.480 e. The van der Waals surface area contributed by atoms with Gasteiger partial charge in [-0.3, -0.25) is 52.7 Å². The summed E-state index contributed by atoms with van der Waals surface area (Å²) in [6.07, 6.45) is 4.85. The van der Waals surface area contributed by atoms with Gasteiger partial charge >= 0.3 is 103 Å². The maximum absolute atomic E-state index is 11.7. The minimum atomic E-state index is -1.27. The Morgan fingerprint density at radius 1 is 0.355 bits per heavy atom. The van der Waals surface area contributed by atoms with E-state index in [9.17, 15) is 115 Å². The van der Waals surface area contributed by atoms with Crippen LogP contribution in [0.1, 0.15) is 139 Å². The van der Waals surface area contributed by atoms with E-state index >= 15 is 0 Å². The van der Waals surface area contributed by atoms with E-state index in [4.69, 9.17) is 49.6 Å². The van der Waals surface area contributed by atoms with Crippen LogP contribution in [-0.2, 0) is 138 Å². The second-order valence-corrected chi connectivity index (χ2v) is 30.6. The van der Waals surface area contributed by atoms with E-state index in [0.717, 1.165) is 39.0 Å². The molecule has 0 heterocycles. The predicted molar refractivity (Wildman–Crippen MR) is 433 cm³/mol. The molecule has 6 amide bonds. The first-order valence-corrected chi connectivity index (χ1v) is 41.5. The van der Waals surface area contributed by atoms with Crippen molar-refractivity contribution in [2.45, 2.75) is 165 Å². The average molecular weight is 1890 g/mol. The monoisotopic (exact) mass is 1890 g/mol. The maximum atomic E-state index is 11.7. The number of hydrogen-bond donors (Lipinski definition) is 12. The van der Waals surface area contributed by atoms with E-state index in [0.29, 0.717) is 76.1 Å². The summed E-state index contributed by atoms with van der Waals surface area (Å²) in [6, 6.07) is 0.989. The third-order valence-corrected chi connectivity index (χ3v) is 18.0. The van der Waals surface area contributed by atoms with Crippen LogP contribution in [0.3, 0.4) is 0 Å². The number of ether oxygens (including phenoxy) is 12. The Bertz CT molecular complexity index is 3730. The van der Waals surface area contributed by atoms with Gasteiger partial charge in [0, 0.05) is 89.4 Å². The molecule has 0 spiro atoms. The molecule has 48 nitrogen and oxygen atoms in total. The smallest absolute Gasteiger partial charge is 0.370 e. The number of benzene rings is 1. The lowest BCUT2D eigenvalue weighted by atomic mass is 9.89. The molecule has 12 N–H and O–H groups in total. The number of carbonyl (C=O) groups is 24. The first-order chi connectivity index (χ1) is 57.8. The zero-order valence-corrected chi connectivity index (χ0v) is 74.0. The van der Waals surface area contributed by atoms with Crippen molar-refractivity contribution in [2.24, 2.45) is 17.3 Å². The molecular formula is C70H100N6O42S6. The Labute approximate surface area is 733 Å². The Morgan fingerprint density at radius 2 is 0.613 bits per heavy atom. The van der Waals surface area contributed by atoms with Crippen LogP contribution < -0.4 is 31.9 Å². The van der Waals surface area contributed by atoms with Crippen LogP contribution in [0.25, 0.3) is 0 Å². The standard InChI is InChI=1S/C14H21NO7S.C14H15NO7S.C12H19NO7S.C11H17NO7S.C10H15NO7S.C9H13NO7S/c2*1-9(16)15-11(12(17)18)7-23-14(20)22-8-21-13(19)10-5-3-2-4-6-10;1-7(14)13-8(9(15)16)5-21-11(18)20-6-19-10(17)12(2,3)4;1-6(2)10(16)18-5-19-11(17)20-4-8(9(14)15)12-7(3)13;1-3-8(13)17-5-18-10(16)19-4-7(9(14)15)11-6(2)12;1-5(11)10-7(8(13)14)3-18-9(15)17-4-16-6(2)12/h10-11H,2-8H2,1H3,(H,15,16)(H,17,18);2-6,11H,7-8H2,1H3,(H,15,16)(H,17,18);8H,5-6H2,1-4H3,(H,13,14)(H,15,16);6,8H,4-5H2,1-3H3,(H,12,13)(H,14,15);7H,3-5H2,1-2H3,(H,11,12)(H,14,15);7H,3-4H2,1-2H3,(H,10,11)(H,13,14)/t2*11-;2*8-;2*7-/m000000/s1. The molecule has 124 heavy (non-hydrogen) atoms. The van der Waals surface area contributed by atoms with E-state index in [1.165, 1.54) is 41.5 Å². The summed E-state index contributed by atoms with van der Waals surface area (Å²) in [6.45, 7) is 14.8. The number of carboxylic acid groups (broad SMARTS) is 6. The van der Waals surface area contributed by atoms with Crippen molar-refractivity contribution in [3.05, 3.63) is 35.9 Å². The number of esters is 6. The Kier molecular flexibility index (Phi) is 66.2. The summed E-state index contributed by atoms with van der Waals surface area (Å²) in [7, 11) is 0. The van der Waals surface area contributed by atoms with Crippen molar-refractivity contribution in [3.8, 4) is 0 Å². The second-order valence-electron chi connectivity index (χ2n) is 24.9. The first kappa shape index (κ1) is 119. The van der Waals surface area contributed by atoms with Gasteiger partial charge in [0.25, 0.3) is 0 Å². The minimum absolute atomic E-state index is 0.133. The van der Waals surface area contributed by atoms with Gasteiger partial charge in [-0.15, -0.1) is 0 Å². The highest BCUT2D eigenvalue weighted by atomic mass is 32.2. The Morgan fingerprint density at radius 3 is 0.863 bits per heavy atom. The van der Waals surface area contributed by atoms with E-state index in [1.54, 1.807) is 71.9 Å². The third kappa shape index (κ3) is 69.2. The number of aliphatic carboxylic acids is 6. The molecule has 0 bridgehead atoms. The van der Waals surface area contributed by atoms with Crippen molar-refractivity contribution in [1.82, 2.24) is 31.9 Å². The lowest BCUT2D eigenvalue weighted by molar-refractivity contribution is -0.161. The van der Waals surface area contributed by atoms with E-state index < -0.39 is 215 Å². The third-order valence-electron chi connectivity index (χ3n) is 12.9. The van der Waals surface area contributed by atoms with Gasteiger partial charge in [0.2, 0.25) is 76.2 Å². The molecule has 6 atom stereocenters. The summed E-state index contributed by atoms with van der Waals surface area (Å²) < 4.78 is 55.3. The molecule has 0 aliphatic heterocycles. The second kappa shape index (κ2) is 69.1. The van der Waals surface area contributed by atoms with E-state index in [2.05, 4.69) is 69.8 Å². The van der Waals surface area contributed by atoms with Crippen molar-refractivity contribution in [3.63, 3.8) is 0 Å². The summed E-state index contributed by atoms with van der Waals surface area (Å²) in [5.41, 5.74) is -0.396. The fourth-order valence-corrected chi connectivity index (χ4v) is 11.1. The number of amides is 6. The van der Waals surface area contributed by atoms with Gasteiger partial charge in [0.05, 0.1) is 22.8 Å². The van der Waals surface area contributed by atoms with Gasteiger partial charge < -0.3 is 119 Å². The Hall–Kier alpha value is -11.4. The van der Waals surface area contributed by atoms with E-state index in [-0.39, 0.29) is 58.7 Å². The zero-order valence-electron chi connectivity index (χ0n) is 69.1. The lowest BCUT2D eigenvalue weighted by Crippen LogP contribution is -2.41. The van der Waals surface area contributed by atoms with Gasteiger partial charge in [0.1, 0.15) is 36.3 Å². The number of hydrogen-bond acceptors (Lipinski definition) is 42. The normalized spacial score (nSPS) is 12.4. The van der Waals surface area contributed by atoms with Crippen molar-refractivity contribution in [2.75, 3.05) is 75.3 Å². The molecule has 1 aliphatic carbocycles. The van der Waals surface area contributed by atoms with Crippen LogP contribution in [0.4, 0.5) is 28.8 Å². The molecule has 2 rings (SSSR count). The van der Waals surface area contributed by atoms with Crippen molar-refractivity contribution >= 4 is 209 Å². The largest absolute Gasteiger partial charge is 0.480 e. The average Bonchev–Trinajstić information content (AvgIpc) is 0.915. The van der Waals surface area contributed by atoms with Crippen LogP contribution in [0.5, 0.6) is 0 Å². The SMILES string of the molecule is CC(=O)N[C@@H](CSC(=O)OCOC(=O)C(C)(C)C)C(=O)O.CC(=O)N[C@@H](CSC(=O)OCOC(=O)C(C)C)C(=O)O.CC(=O)N[C@@H](CSC(=O)OCOC(=O)C1CCCCC1)C(=O)O.CC(=O)N[C@@H](CSC(=O)OCOC(=O)c1ccccc1)C(=O)O.CC(=O)N[C@@H](CSC(=O)OCOC(C)=O)C(=O)O.CCC(=O)OCOC(=O)SC[C@H](NC(C)=O)C(=O)O. The van der Waals surface area contributed by atoms with Crippen LogP contribution >= 0.6 is 70.6 Å². The number of nitrogens with one attached hydrogen (secondary N) is 6. The highest BCUT2D eigenvalue weighted by Crippen LogP contribution is 2.25. The maximum Gasteiger partial charge on any atom is 0.370 e. The van der Waals surface area contributed by atoms with Gasteiger partial charge in [-0.1, -0.05) is 58.2 Å². The first-order valence-electron chi connectivity index (χ1n) is 35.5. The molecule has 1 aliphatic rings. The van der Waals surface area contributed by atoms with Crippen LogP contribution in [-0.4, -0.2) is 281 Å². The highest BCUT2D eigenvalue weighted by Gasteiger charge is 2.29. The van der Waals surface area contributed by atoms with Gasteiger partial charge in [-0.2, -0.15) is 0 Å². The molecule has 698 valence electrons. The molecule has 0 radical (unpaired) electrons. The molecule has 1 fully saturated rings. The fraction of sp³-hybridized carbons (Fsp3) is 0.571. The number of carbonyl (C=O) groups excluding carboxylic acids is 18. The zero-order chi connectivity index (χ0) is 95.8.